The Hall–Kier alpha value is -2.89. The normalized spacial score (nSPS) is 13.0. The highest BCUT2D eigenvalue weighted by Gasteiger charge is 2.13. The number of anilines is 1. The van der Waals surface area contributed by atoms with Gasteiger partial charge in [0.25, 0.3) is 0 Å². The van der Waals surface area contributed by atoms with Crippen molar-refractivity contribution in [2.75, 3.05) is 5.32 Å². The van der Waals surface area contributed by atoms with E-state index in [9.17, 15) is 4.79 Å². The number of carbonyl (C=O) groups excluding carboxylic acids is 1. The number of urea groups is 1. The van der Waals surface area contributed by atoms with Crippen LogP contribution in [0.1, 0.15) is 23.2 Å². The fraction of sp³-hybridized carbons (Fsp3) is 0.278. The molecule has 0 spiro atoms. The van der Waals surface area contributed by atoms with Gasteiger partial charge in [0.2, 0.25) is 0 Å². The zero-order valence-electron chi connectivity index (χ0n) is 13.5. The molecule has 0 unspecified atom stereocenters. The molecular weight excluding hydrogens is 302 g/mol. The highest BCUT2D eigenvalue weighted by atomic mass is 16.2. The third-order valence-electron chi connectivity index (χ3n) is 4.41. The first-order valence-electron chi connectivity index (χ1n) is 8.13. The lowest BCUT2D eigenvalue weighted by atomic mass is 10.2. The second kappa shape index (κ2) is 5.96. The van der Waals surface area contributed by atoms with E-state index < -0.39 is 0 Å². The molecule has 2 amide bonds. The van der Waals surface area contributed by atoms with E-state index in [1.54, 1.807) is 6.33 Å². The lowest BCUT2D eigenvalue weighted by Gasteiger charge is -2.08. The smallest absolute Gasteiger partial charge is 0.320 e. The Balaban J connectivity index is 1.38. The summed E-state index contributed by atoms with van der Waals surface area (Å²) in [7, 11) is 1.96. The molecule has 1 aliphatic carbocycles. The third kappa shape index (κ3) is 2.82. The van der Waals surface area contributed by atoms with Crippen molar-refractivity contribution in [2.24, 2.45) is 7.05 Å². The number of carbonyl (C=O) groups is 1. The second-order valence-corrected chi connectivity index (χ2v) is 6.14. The van der Waals surface area contributed by atoms with E-state index >= 15 is 0 Å². The molecule has 1 aromatic carbocycles. The molecule has 6 heteroatoms. The molecule has 0 radical (unpaired) electrons. The minimum Gasteiger partial charge on any atom is -0.334 e. The van der Waals surface area contributed by atoms with Crippen LogP contribution >= 0.6 is 0 Å². The van der Waals surface area contributed by atoms with Crippen LogP contribution in [-0.2, 0) is 26.4 Å². The first-order valence-corrected chi connectivity index (χ1v) is 8.13. The van der Waals surface area contributed by atoms with Crippen molar-refractivity contribution in [3.05, 3.63) is 53.5 Å². The van der Waals surface area contributed by atoms with Gasteiger partial charge in [0, 0.05) is 19.3 Å². The minimum atomic E-state index is -0.249. The van der Waals surface area contributed by atoms with E-state index in [1.165, 1.54) is 5.56 Å². The summed E-state index contributed by atoms with van der Waals surface area (Å²) in [6.45, 7) is 0.448. The van der Waals surface area contributed by atoms with E-state index in [2.05, 4.69) is 26.7 Å². The van der Waals surface area contributed by atoms with Gasteiger partial charge < -0.3 is 9.88 Å². The fourth-order valence-corrected chi connectivity index (χ4v) is 3.12. The van der Waals surface area contributed by atoms with Crippen molar-refractivity contribution in [1.82, 2.24) is 19.9 Å². The van der Waals surface area contributed by atoms with Crippen LogP contribution in [0.5, 0.6) is 0 Å². The molecule has 0 bridgehead atoms. The number of amides is 2. The standard InChI is InChI=1S/C18H19N5O/c1-23-11-20-15-9-12(5-7-16(15)23)10-19-18(24)22-17-8-6-13-3-2-4-14(13)21-17/h5-9,11H,2-4,10H2,1H3,(H2,19,21,22,24). The van der Waals surface area contributed by atoms with Crippen LogP contribution in [0.15, 0.2) is 36.7 Å². The molecule has 1 aliphatic rings. The Morgan fingerprint density at radius 1 is 1.25 bits per heavy atom. The van der Waals surface area contributed by atoms with Crippen LogP contribution in [0.3, 0.4) is 0 Å². The number of rotatable bonds is 3. The molecule has 0 saturated heterocycles. The topological polar surface area (TPSA) is 71.8 Å². The summed E-state index contributed by atoms with van der Waals surface area (Å²) in [5.41, 5.74) is 5.42. The summed E-state index contributed by atoms with van der Waals surface area (Å²) in [6, 6.07) is 9.67. The maximum Gasteiger partial charge on any atom is 0.320 e. The first kappa shape index (κ1) is 14.7. The van der Waals surface area contributed by atoms with Crippen LogP contribution in [0.4, 0.5) is 10.6 Å². The lowest BCUT2D eigenvalue weighted by molar-refractivity contribution is 0.251. The predicted octanol–water partition coefficient (Wildman–Crippen LogP) is 2.78. The van der Waals surface area contributed by atoms with Gasteiger partial charge in [0.1, 0.15) is 5.82 Å². The van der Waals surface area contributed by atoms with Crippen molar-refractivity contribution in [2.45, 2.75) is 25.8 Å². The number of benzene rings is 1. The molecule has 0 aliphatic heterocycles. The molecule has 24 heavy (non-hydrogen) atoms. The average Bonchev–Trinajstić information content (AvgIpc) is 3.19. The van der Waals surface area contributed by atoms with Crippen molar-refractivity contribution < 1.29 is 4.79 Å². The number of fused-ring (bicyclic) bond motifs is 2. The first-order chi connectivity index (χ1) is 11.7. The zero-order chi connectivity index (χ0) is 16.5. The number of aromatic nitrogens is 3. The van der Waals surface area contributed by atoms with Crippen molar-refractivity contribution in [3.8, 4) is 0 Å². The molecule has 2 aromatic heterocycles. The summed E-state index contributed by atoms with van der Waals surface area (Å²) in [5, 5.41) is 5.66. The van der Waals surface area contributed by atoms with E-state index in [-0.39, 0.29) is 6.03 Å². The van der Waals surface area contributed by atoms with Crippen LogP contribution < -0.4 is 10.6 Å². The fourth-order valence-electron chi connectivity index (χ4n) is 3.12. The average molecular weight is 321 g/mol. The molecule has 2 heterocycles. The van der Waals surface area contributed by atoms with Crippen molar-refractivity contribution in [3.63, 3.8) is 0 Å². The molecule has 0 atom stereocenters. The number of nitrogens with one attached hydrogen (secondary N) is 2. The monoisotopic (exact) mass is 321 g/mol. The summed E-state index contributed by atoms with van der Waals surface area (Å²) >= 11 is 0. The van der Waals surface area contributed by atoms with E-state index in [0.717, 1.165) is 41.6 Å². The van der Waals surface area contributed by atoms with Gasteiger partial charge in [-0.25, -0.2) is 14.8 Å². The molecule has 6 nitrogen and oxygen atoms in total. The predicted molar refractivity (Wildman–Crippen MR) is 92.8 cm³/mol. The highest BCUT2D eigenvalue weighted by molar-refractivity contribution is 5.88. The van der Waals surface area contributed by atoms with Gasteiger partial charge in [-0.2, -0.15) is 0 Å². The maximum absolute atomic E-state index is 12.1. The van der Waals surface area contributed by atoms with Crippen LogP contribution in [0.2, 0.25) is 0 Å². The SMILES string of the molecule is Cn1cnc2cc(CNC(=O)Nc3ccc4c(n3)CCC4)ccc21. The molecule has 0 fully saturated rings. The number of pyridine rings is 1. The summed E-state index contributed by atoms with van der Waals surface area (Å²) in [6.07, 6.45) is 5.02. The minimum absolute atomic E-state index is 0.249. The Labute approximate surface area is 139 Å². The summed E-state index contributed by atoms with van der Waals surface area (Å²) < 4.78 is 1.97. The summed E-state index contributed by atoms with van der Waals surface area (Å²) in [4.78, 5) is 20.9. The number of hydrogen-bond donors (Lipinski definition) is 2. The second-order valence-electron chi connectivity index (χ2n) is 6.14. The van der Waals surface area contributed by atoms with Gasteiger partial charge >= 0.3 is 6.03 Å². The Morgan fingerprint density at radius 3 is 3.08 bits per heavy atom. The van der Waals surface area contributed by atoms with Gasteiger partial charge in [-0.15, -0.1) is 0 Å². The third-order valence-corrected chi connectivity index (χ3v) is 4.41. The number of nitrogens with zero attached hydrogens (tertiary/aromatic N) is 3. The lowest BCUT2D eigenvalue weighted by Crippen LogP contribution is -2.28. The molecule has 122 valence electrons. The maximum atomic E-state index is 12.1. The van der Waals surface area contributed by atoms with Crippen molar-refractivity contribution in [1.29, 1.82) is 0 Å². The quantitative estimate of drug-likeness (QED) is 0.779. The highest BCUT2D eigenvalue weighted by Crippen LogP contribution is 2.21. The van der Waals surface area contributed by atoms with E-state index in [4.69, 9.17) is 0 Å². The van der Waals surface area contributed by atoms with Crippen LogP contribution in [0.25, 0.3) is 11.0 Å². The zero-order valence-corrected chi connectivity index (χ0v) is 13.5. The Morgan fingerprint density at radius 2 is 2.17 bits per heavy atom. The van der Waals surface area contributed by atoms with E-state index in [0.29, 0.717) is 12.4 Å². The van der Waals surface area contributed by atoms with Gasteiger partial charge in [0.15, 0.2) is 0 Å². The summed E-state index contributed by atoms with van der Waals surface area (Å²) in [5.74, 6) is 0.605. The largest absolute Gasteiger partial charge is 0.334 e. The number of aryl methyl sites for hydroxylation is 3. The van der Waals surface area contributed by atoms with Crippen molar-refractivity contribution >= 4 is 22.9 Å². The van der Waals surface area contributed by atoms with Crippen LogP contribution in [0, 0.1) is 0 Å². The van der Waals surface area contributed by atoms with E-state index in [1.807, 2.05) is 35.9 Å². The Kier molecular flexibility index (Phi) is 3.65. The van der Waals surface area contributed by atoms with Crippen LogP contribution in [-0.4, -0.2) is 20.6 Å². The molecule has 3 aromatic rings. The molecule has 2 N–H and O–H groups in total. The molecule has 4 rings (SSSR count). The van der Waals surface area contributed by atoms with Gasteiger partial charge in [-0.1, -0.05) is 12.1 Å². The number of hydrogen-bond acceptors (Lipinski definition) is 3. The Bertz CT molecular complexity index is 915. The van der Waals surface area contributed by atoms with Gasteiger partial charge in [-0.3, -0.25) is 5.32 Å². The number of imidazole rings is 1. The molecule has 0 saturated carbocycles. The van der Waals surface area contributed by atoms with Gasteiger partial charge in [-0.05, 0) is 48.6 Å². The molecular formula is C18H19N5O. The van der Waals surface area contributed by atoms with Gasteiger partial charge in [0.05, 0.1) is 17.4 Å².